The van der Waals surface area contributed by atoms with Gasteiger partial charge in [-0.1, -0.05) is 20.8 Å². The first kappa shape index (κ1) is 16.4. The third kappa shape index (κ3) is 3.62. The lowest BCUT2D eigenvalue weighted by molar-refractivity contribution is -0.132. The number of hydrogen-bond donors (Lipinski definition) is 3. The third-order valence-electron chi connectivity index (χ3n) is 3.71. The summed E-state index contributed by atoms with van der Waals surface area (Å²) in [6.45, 7) is 6.51. The number of carbonyl (C=O) groups excluding carboxylic acids is 3. The van der Waals surface area contributed by atoms with E-state index in [9.17, 15) is 14.4 Å². The van der Waals surface area contributed by atoms with Crippen LogP contribution in [0.1, 0.15) is 26.5 Å². The Bertz CT molecular complexity index is 605. The van der Waals surface area contributed by atoms with E-state index in [2.05, 4.69) is 15.6 Å². The van der Waals surface area contributed by atoms with Crippen molar-refractivity contribution in [2.45, 2.75) is 27.2 Å². The molecule has 7 nitrogen and oxygen atoms in total. The van der Waals surface area contributed by atoms with E-state index in [1.54, 1.807) is 5.38 Å². The number of nitrogens with one attached hydrogen (secondary N) is 2. The number of aromatic nitrogens is 1. The van der Waals surface area contributed by atoms with E-state index in [0.29, 0.717) is 17.4 Å². The largest absolute Gasteiger partial charge is 0.369 e. The molecule has 2 atom stereocenters. The second-order valence-electron chi connectivity index (χ2n) is 6.47. The van der Waals surface area contributed by atoms with Crippen LogP contribution in [0.15, 0.2) is 5.38 Å². The second kappa shape index (κ2) is 6.04. The Morgan fingerprint density at radius 2 is 2.18 bits per heavy atom. The fourth-order valence-electron chi connectivity index (χ4n) is 2.54. The second-order valence-corrected chi connectivity index (χ2v) is 7.33. The van der Waals surface area contributed by atoms with Crippen LogP contribution in [0.3, 0.4) is 0 Å². The number of nitrogens with zero attached hydrogens (tertiary/aromatic N) is 1. The average molecular weight is 324 g/mol. The number of carbonyl (C=O) groups is 3. The van der Waals surface area contributed by atoms with Gasteiger partial charge < -0.3 is 16.4 Å². The molecule has 0 aliphatic carbocycles. The van der Waals surface area contributed by atoms with Crippen molar-refractivity contribution in [3.8, 4) is 0 Å². The van der Waals surface area contributed by atoms with Crippen LogP contribution >= 0.6 is 11.3 Å². The van der Waals surface area contributed by atoms with E-state index in [4.69, 9.17) is 5.73 Å². The molecule has 4 N–H and O–H groups in total. The van der Waals surface area contributed by atoms with Crippen molar-refractivity contribution in [3.63, 3.8) is 0 Å². The van der Waals surface area contributed by atoms with Crippen molar-refractivity contribution in [2.75, 3.05) is 11.9 Å². The van der Waals surface area contributed by atoms with Crippen LogP contribution in [0, 0.1) is 17.3 Å². The molecule has 1 aromatic heterocycles. The van der Waals surface area contributed by atoms with E-state index < -0.39 is 11.8 Å². The highest BCUT2D eigenvalue weighted by Gasteiger charge is 2.45. The summed E-state index contributed by atoms with van der Waals surface area (Å²) in [5.41, 5.74) is 5.45. The van der Waals surface area contributed by atoms with Crippen LogP contribution in [-0.4, -0.2) is 29.3 Å². The number of nitrogens with two attached hydrogens (primary N) is 1. The first-order chi connectivity index (χ1) is 10.2. The summed E-state index contributed by atoms with van der Waals surface area (Å²) in [5.74, 6) is -1.92. The number of rotatable bonds is 4. The Kier molecular flexibility index (Phi) is 4.50. The monoisotopic (exact) mass is 324 g/mol. The van der Waals surface area contributed by atoms with Crippen molar-refractivity contribution in [1.82, 2.24) is 10.3 Å². The molecule has 1 aliphatic rings. The van der Waals surface area contributed by atoms with Crippen LogP contribution in [0.25, 0.3) is 0 Å². The van der Waals surface area contributed by atoms with Crippen molar-refractivity contribution in [3.05, 3.63) is 11.1 Å². The van der Waals surface area contributed by atoms with Gasteiger partial charge in [0.2, 0.25) is 17.7 Å². The number of anilines is 1. The highest BCUT2D eigenvalue weighted by atomic mass is 32.1. The van der Waals surface area contributed by atoms with Gasteiger partial charge in [-0.05, 0) is 5.41 Å². The molecule has 0 saturated carbocycles. The Labute approximate surface area is 132 Å². The van der Waals surface area contributed by atoms with Gasteiger partial charge in [0.25, 0.3) is 0 Å². The molecule has 120 valence electrons. The minimum atomic E-state index is -0.733. The average Bonchev–Trinajstić information content (AvgIpc) is 2.94. The predicted molar refractivity (Wildman–Crippen MR) is 83.1 cm³/mol. The highest BCUT2D eigenvalue weighted by Crippen LogP contribution is 2.35. The van der Waals surface area contributed by atoms with Crippen LogP contribution < -0.4 is 16.4 Å². The Morgan fingerprint density at radius 3 is 2.77 bits per heavy atom. The lowest BCUT2D eigenvalue weighted by Crippen LogP contribution is -2.37. The molecule has 1 aromatic rings. The molecule has 0 aromatic carbocycles. The Balaban J connectivity index is 2.09. The Morgan fingerprint density at radius 1 is 1.50 bits per heavy atom. The SMILES string of the molecule is CC(C)(C)[C@H]1CNC(=O)[C@@H]1C(=O)Nc1nc(CC(N)=O)cs1. The standard InChI is InChI=1S/C14H20N4O3S/c1-14(2,3)8-5-16-11(20)10(8)12(21)18-13-17-7(6-22-13)4-9(15)19/h6,8,10H,4-5H2,1-3H3,(H2,15,19)(H,16,20)(H,17,18,21)/t8-,10+/m0/s1. The van der Waals surface area contributed by atoms with Crippen molar-refractivity contribution < 1.29 is 14.4 Å². The lowest BCUT2D eigenvalue weighted by Gasteiger charge is -2.29. The summed E-state index contributed by atoms with van der Waals surface area (Å²) in [6.07, 6.45) is 0.0287. The van der Waals surface area contributed by atoms with Gasteiger partial charge in [0, 0.05) is 17.8 Å². The van der Waals surface area contributed by atoms with Crippen molar-refractivity contribution in [1.29, 1.82) is 0 Å². The maximum absolute atomic E-state index is 12.4. The molecular weight excluding hydrogens is 304 g/mol. The van der Waals surface area contributed by atoms with Crippen LogP contribution in [0.5, 0.6) is 0 Å². The highest BCUT2D eigenvalue weighted by molar-refractivity contribution is 7.13. The first-order valence-corrected chi connectivity index (χ1v) is 7.87. The molecule has 8 heteroatoms. The first-order valence-electron chi connectivity index (χ1n) is 7.00. The molecule has 0 spiro atoms. The third-order valence-corrected chi connectivity index (χ3v) is 4.52. The molecule has 0 radical (unpaired) electrons. The smallest absolute Gasteiger partial charge is 0.239 e. The topological polar surface area (TPSA) is 114 Å². The fraction of sp³-hybridized carbons (Fsp3) is 0.571. The molecule has 3 amide bonds. The molecular formula is C14H20N4O3S. The number of primary amides is 1. The normalized spacial score (nSPS) is 21.5. The molecule has 0 unspecified atom stereocenters. The van der Waals surface area contributed by atoms with Crippen molar-refractivity contribution in [2.24, 2.45) is 23.0 Å². The predicted octanol–water partition coefficient (Wildman–Crippen LogP) is 0.518. The van der Waals surface area contributed by atoms with E-state index in [-0.39, 0.29) is 29.6 Å². The molecule has 1 fully saturated rings. The van der Waals surface area contributed by atoms with Gasteiger partial charge in [0.1, 0.15) is 5.92 Å². The Hall–Kier alpha value is -1.96. The lowest BCUT2D eigenvalue weighted by atomic mass is 9.74. The van der Waals surface area contributed by atoms with E-state index in [1.165, 1.54) is 11.3 Å². The zero-order valence-corrected chi connectivity index (χ0v) is 13.6. The van der Waals surface area contributed by atoms with Gasteiger partial charge >= 0.3 is 0 Å². The van der Waals surface area contributed by atoms with Gasteiger partial charge in [-0.2, -0.15) is 0 Å². The zero-order valence-electron chi connectivity index (χ0n) is 12.8. The van der Waals surface area contributed by atoms with E-state index in [1.807, 2.05) is 20.8 Å². The van der Waals surface area contributed by atoms with Crippen molar-refractivity contribution >= 4 is 34.2 Å². The van der Waals surface area contributed by atoms with E-state index in [0.717, 1.165) is 0 Å². The van der Waals surface area contributed by atoms with Crippen LogP contribution in [0.2, 0.25) is 0 Å². The molecule has 1 saturated heterocycles. The number of amides is 3. The maximum Gasteiger partial charge on any atom is 0.239 e. The molecule has 0 bridgehead atoms. The summed E-state index contributed by atoms with van der Waals surface area (Å²) in [5, 5.41) is 7.44. The van der Waals surface area contributed by atoms with Gasteiger partial charge in [-0.15, -0.1) is 11.3 Å². The molecule has 22 heavy (non-hydrogen) atoms. The number of hydrogen-bond acceptors (Lipinski definition) is 5. The van der Waals surface area contributed by atoms with Gasteiger partial charge in [0.05, 0.1) is 12.1 Å². The number of thiazole rings is 1. The van der Waals surface area contributed by atoms with Crippen LogP contribution in [0.4, 0.5) is 5.13 Å². The van der Waals surface area contributed by atoms with Crippen LogP contribution in [-0.2, 0) is 20.8 Å². The minimum absolute atomic E-state index is 0.0287. The maximum atomic E-state index is 12.4. The summed E-state index contributed by atoms with van der Waals surface area (Å²) >= 11 is 1.21. The molecule has 2 rings (SSSR count). The van der Waals surface area contributed by atoms with Gasteiger partial charge in [-0.3, -0.25) is 14.4 Å². The van der Waals surface area contributed by atoms with E-state index >= 15 is 0 Å². The summed E-state index contributed by atoms with van der Waals surface area (Å²) < 4.78 is 0. The molecule has 2 heterocycles. The summed E-state index contributed by atoms with van der Waals surface area (Å²) in [4.78, 5) is 39.4. The van der Waals surface area contributed by atoms with Gasteiger partial charge in [-0.25, -0.2) is 4.98 Å². The summed E-state index contributed by atoms with van der Waals surface area (Å²) in [7, 11) is 0. The molecule has 1 aliphatic heterocycles. The summed E-state index contributed by atoms with van der Waals surface area (Å²) in [6, 6.07) is 0. The minimum Gasteiger partial charge on any atom is -0.369 e. The van der Waals surface area contributed by atoms with Gasteiger partial charge in [0.15, 0.2) is 5.13 Å². The fourth-order valence-corrected chi connectivity index (χ4v) is 3.25. The quantitative estimate of drug-likeness (QED) is 0.700. The zero-order chi connectivity index (χ0) is 16.5.